The van der Waals surface area contributed by atoms with Crippen LogP contribution in [0.2, 0.25) is 0 Å². The summed E-state index contributed by atoms with van der Waals surface area (Å²) in [6.07, 6.45) is 4.49. The maximum Gasteiger partial charge on any atom is 0.311 e. The normalized spacial score (nSPS) is 22.0. The lowest BCUT2D eigenvalue weighted by atomic mass is 9.76. The minimum atomic E-state index is -0.750. The lowest BCUT2D eigenvalue weighted by molar-refractivity contribution is -0.150. The SMILES string of the molecule is CCCC1(C(=O)O)CCCN(c2cc(C(N)=O)ccn2)C1. The van der Waals surface area contributed by atoms with Gasteiger partial charge in [0.2, 0.25) is 5.91 Å². The van der Waals surface area contributed by atoms with E-state index in [1.165, 1.54) is 6.20 Å². The molecule has 0 bridgehead atoms. The van der Waals surface area contributed by atoms with Crippen LogP contribution in [0.4, 0.5) is 5.82 Å². The van der Waals surface area contributed by atoms with Gasteiger partial charge in [-0.3, -0.25) is 9.59 Å². The van der Waals surface area contributed by atoms with E-state index in [0.717, 1.165) is 19.4 Å². The number of piperidine rings is 1. The van der Waals surface area contributed by atoms with Gasteiger partial charge in [-0.1, -0.05) is 13.3 Å². The molecule has 0 spiro atoms. The molecule has 1 aromatic heterocycles. The fraction of sp³-hybridized carbons (Fsp3) is 0.533. The molecule has 21 heavy (non-hydrogen) atoms. The molecule has 1 unspecified atom stereocenters. The third-order valence-corrected chi connectivity index (χ3v) is 4.11. The first-order chi connectivity index (χ1) is 9.98. The summed E-state index contributed by atoms with van der Waals surface area (Å²) in [5.74, 6) is -0.637. The second kappa shape index (κ2) is 6.11. The van der Waals surface area contributed by atoms with Crippen LogP contribution in [-0.4, -0.2) is 35.1 Å². The number of aliphatic carboxylic acids is 1. The third-order valence-electron chi connectivity index (χ3n) is 4.11. The summed E-state index contributed by atoms with van der Waals surface area (Å²) in [7, 11) is 0. The molecule has 1 atom stereocenters. The van der Waals surface area contributed by atoms with Gasteiger partial charge in [-0.15, -0.1) is 0 Å². The number of pyridine rings is 1. The topological polar surface area (TPSA) is 96.5 Å². The molecule has 114 valence electrons. The van der Waals surface area contributed by atoms with Crippen molar-refractivity contribution in [3.63, 3.8) is 0 Å². The Morgan fingerprint density at radius 2 is 2.29 bits per heavy atom. The summed E-state index contributed by atoms with van der Waals surface area (Å²) < 4.78 is 0. The van der Waals surface area contributed by atoms with Crippen molar-refractivity contribution in [3.05, 3.63) is 23.9 Å². The molecule has 3 N–H and O–H groups in total. The van der Waals surface area contributed by atoms with Crippen LogP contribution >= 0.6 is 0 Å². The Labute approximate surface area is 124 Å². The first kappa shape index (κ1) is 15.3. The van der Waals surface area contributed by atoms with Crippen molar-refractivity contribution in [1.82, 2.24) is 4.98 Å². The third kappa shape index (κ3) is 3.15. The maximum atomic E-state index is 11.7. The monoisotopic (exact) mass is 291 g/mol. The van der Waals surface area contributed by atoms with Gasteiger partial charge in [-0.05, 0) is 31.4 Å². The van der Waals surface area contributed by atoms with Crippen LogP contribution < -0.4 is 10.6 Å². The van der Waals surface area contributed by atoms with Gasteiger partial charge in [0.15, 0.2) is 0 Å². The summed E-state index contributed by atoms with van der Waals surface area (Å²) >= 11 is 0. The molecule has 1 amide bonds. The number of rotatable bonds is 5. The Morgan fingerprint density at radius 3 is 2.90 bits per heavy atom. The van der Waals surface area contributed by atoms with Crippen LogP contribution in [0.15, 0.2) is 18.3 Å². The molecular formula is C15H21N3O3. The number of hydrogen-bond acceptors (Lipinski definition) is 4. The summed E-state index contributed by atoms with van der Waals surface area (Å²) in [5, 5.41) is 9.61. The van der Waals surface area contributed by atoms with Crippen molar-refractivity contribution in [2.45, 2.75) is 32.6 Å². The number of carboxylic acids is 1. The number of aromatic nitrogens is 1. The number of carbonyl (C=O) groups is 2. The number of amides is 1. The van der Waals surface area contributed by atoms with E-state index in [2.05, 4.69) is 4.98 Å². The second-order valence-electron chi connectivity index (χ2n) is 5.63. The molecule has 2 heterocycles. The average molecular weight is 291 g/mol. The summed E-state index contributed by atoms with van der Waals surface area (Å²) in [6, 6.07) is 3.19. The van der Waals surface area contributed by atoms with Crippen molar-refractivity contribution in [3.8, 4) is 0 Å². The standard InChI is InChI=1S/C15H21N3O3/c1-2-5-15(14(20)21)6-3-8-18(10-15)12-9-11(13(16)19)4-7-17-12/h4,7,9H,2-3,5-6,8,10H2,1H3,(H2,16,19)(H,20,21). The van der Waals surface area contributed by atoms with E-state index in [0.29, 0.717) is 30.8 Å². The molecule has 6 heteroatoms. The zero-order chi connectivity index (χ0) is 15.5. The number of hydrogen-bond donors (Lipinski definition) is 2. The highest BCUT2D eigenvalue weighted by molar-refractivity contribution is 5.93. The Kier molecular flexibility index (Phi) is 4.45. The van der Waals surface area contributed by atoms with Gasteiger partial charge in [-0.2, -0.15) is 0 Å². The highest BCUT2D eigenvalue weighted by Crippen LogP contribution is 2.36. The van der Waals surface area contributed by atoms with Crippen LogP contribution in [0.5, 0.6) is 0 Å². The van der Waals surface area contributed by atoms with Gasteiger partial charge in [0, 0.05) is 24.8 Å². The fourth-order valence-corrected chi connectivity index (χ4v) is 3.04. The zero-order valence-corrected chi connectivity index (χ0v) is 12.2. The number of nitrogens with zero attached hydrogens (tertiary/aromatic N) is 2. The van der Waals surface area contributed by atoms with Gasteiger partial charge < -0.3 is 15.7 Å². The van der Waals surface area contributed by atoms with Crippen molar-refractivity contribution >= 4 is 17.7 Å². The quantitative estimate of drug-likeness (QED) is 0.860. The Hall–Kier alpha value is -2.11. The second-order valence-corrected chi connectivity index (χ2v) is 5.63. The predicted molar refractivity (Wildman–Crippen MR) is 79.2 cm³/mol. The molecule has 1 saturated heterocycles. The van der Waals surface area contributed by atoms with E-state index >= 15 is 0 Å². The highest BCUT2D eigenvalue weighted by atomic mass is 16.4. The molecule has 1 fully saturated rings. The van der Waals surface area contributed by atoms with Crippen LogP contribution in [0.25, 0.3) is 0 Å². The first-order valence-electron chi connectivity index (χ1n) is 7.23. The van der Waals surface area contributed by atoms with Gasteiger partial charge in [0.1, 0.15) is 5.82 Å². The number of carboxylic acid groups (broad SMARTS) is 1. The molecular weight excluding hydrogens is 270 g/mol. The number of primary amides is 1. The van der Waals surface area contributed by atoms with Crippen molar-refractivity contribution in [2.24, 2.45) is 11.1 Å². The maximum absolute atomic E-state index is 11.7. The smallest absolute Gasteiger partial charge is 0.311 e. The van der Waals surface area contributed by atoms with Crippen LogP contribution in [0, 0.1) is 5.41 Å². The van der Waals surface area contributed by atoms with Gasteiger partial charge in [-0.25, -0.2) is 4.98 Å². The van der Waals surface area contributed by atoms with E-state index in [1.807, 2.05) is 11.8 Å². The van der Waals surface area contributed by atoms with Crippen LogP contribution in [0.1, 0.15) is 43.0 Å². The largest absolute Gasteiger partial charge is 0.481 e. The minimum Gasteiger partial charge on any atom is -0.481 e. The van der Waals surface area contributed by atoms with E-state index in [9.17, 15) is 14.7 Å². The Morgan fingerprint density at radius 1 is 1.52 bits per heavy atom. The summed E-state index contributed by atoms with van der Waals surface area (Å²) in [4.78, 5) is 29.2. The molecule has 1 aromatic rings. The highest BCUT2D eigenvalue weighted by Gasteiger charge is 2.41. The van der Waals surface area contributed by atoms with Gasteiger partial charge in [0.05, 0.1) is 5.41 Å². The molecule has 0 aromatic carbocycles. The molecule has 0 aliphatic carbocycles. The average Bonchev–Trinajstić information content (AvgIpc) is 2.48. The van der Waals surface area contributed by atoms with Crippen molar-refractivity contribution in [2.75, 3.05) is 18.0 Å². The minimum absolute atomic E-state index is 0.391. The number of nitrogens with two attached hydrogens (primary N) is 1. The van der Waals surface area contributed by atoms with E-state index in [-0.39, 0.29) is 0 Å². The zero-order valence-electron chi connectivity index (χ0n) is 12.2. The van der Waals surface area contributed by atoms with E-state index < -0.39 is 17.3 Å². The van der Waals surface area contributed by atoms with Crippen molar-refractivity contribution < 1.29 is 14.7 Å². The Bertz CT molecular complexity index is 543. The summed E-state index contributed by atoms with van der Waals surface area (Å²) in [5.41, 5.74) is 4.95. The molecule has 1 aliphatic heterocycles. The fourth-order valence-electron chi connectivity index (χ4n) is 3.04. The van der Waals surface area contributed by atoms with Gasteiger partial charge >= 0.3 is 5.97 Å². The van der Waals surface area contributed by atoms with Gasteiger partial charge in [0.25, 0.3) is 0 Å². The van der Waals surface area contributed by atoms with E-state index in [1.54, 1.807) is 12.1 Å². The lowest BCUT2D eigenvalue weighted by Crippen LogP contribution is -2.48. The molecule has 1 aliphatic rings. The molecule has 2 rings (SSSR count). The lowest BCUT2D eigenvalue weighted by Gasteiger charge is -2.40. The van der Waals surface area contributed by atoms with Crippen LogP contribution in [-0.2, 0) is 4.79 Å². The Balaban J connectivity index is 2.26. The molecule has 0 saturated carbocycles. The van der Waals surface area contributed by atoms with E-state index in [4.69, 9.17) is 5.73 Å². The van der Waals surface area contributed by atoms with Crippen LogP contribution in [0.3, 0.4) is 0 Å². The van der Waals surface area contributed by atoms with Crippen molar-refractivity contribution in [1.29, 1.82) is 0 Å². The molecule has 0 radical (unpaired) electrons. The first-order valence-corrected chi connectivity index (χ1v) is 7.23. The summed E-state index contributed by atoms with van der Waals surface area (Å²) in [6.45, 7) is 3.16. The number of anilines is 1. The predicted octanol–water partition coefficient (Wildman–Crippen LogP) is 1.65. The molecule has 6 nitrogen and oxygen atoms in total. The number of carbonyl (C=O) groups excluding carboxylic acids is 1.